The predicted octanol–water partition coefficient (Wildman–Crippen LogP) is 1.33. The number of oxazole rings is 1. The monoisotopic (exact) mass is 222 g/mol. The minimum atomic E-state index is 0.523. The fourth-order valence-electron chi connectivity index (χ4n) is 2.33. The summed E-state index contributed by atoms with van der Waals surface area (Å²) in [6.07, 6.45) is 5.03. The van der Waals surface area contributed by atoms with Crippen LogP contribution in [0.5, 0.6) is 0 Å². The Kier molecular flexibility index (Phi) is 2.93. The van der Waals surface area contributed by atoms with Crippen molar-refractivity contribution >= 4 is 0 Å². The maximum Gasteiger partial charge on any atom is 0.194 e. The molecule has 0 bridgehead atoms. The normalized spacial score (nSPS) is 23.2. The Balaban J connectivity index is 1.61. The summed E-state index contributed by atoms with van der Waals surface area (Å²) < 4.78 is 11.2. The predicted molar refractivity (Wildman–Crippen MR) is 59.4 cm³/mol. The van der Waals surface area contributed by atoms with E-state index < -0.39 is 0 Å². The summed E-state index contributed by atoms with van der Waals surface area (Å²) >= 11 is 0. The van der Waals surface area contributed by atoms with Gasteiger partial charge in [-0.2, -0.15) is 0 Å². The quantitative estimate of drug-likeness (QED) is 0.838. The van der Waals surface area contributed by atoms with Crippen LogP contribution in [0.25, 0.3) is 0 Å². The van der Waals surface area contributed by atoms with Crippen LogP contribution in [0.2, 0.25) is 0 Å². The summed E-state index contributed by atoms with van der Waals surface area (Å²) in [5, 5.41) is 3.27. The molecule has 0 atom stereocenters. The minimum Gasteiger partial charge on any atom is -0.445 e. The molecule has 0 saturated carbocycles. The molecule has 0 spiro atoms. The van der Waals surface area contributed by atoms with E-state index in [9.17, 15) is 0 Å². The van der Waals surface area contributed by atoms with Crippen LogP contribution in [-0.4, -0.2) is 31.3 Å². The molecule has 88 valence electrons. The number of nitrogens with zero attached hydrogens (tertiary/aromatic N) is 1. The molecule has 2 saturated heterocycles. The van der Waals surface area contributed by atoms with Crippen LogP contribution in [0, 0.1) is 5.92 Å². The molecular formula is C12H18N2O2. The van der Waals surface area contributed by atoms with E-state index in [0.29, 0.717) is 5.92 Å². The third-order valence-corrected chi connectivity index (χ3v) is 3.52. The van der Waals surface area contributed by atoms with E-state index in [1.165, 1.54) is 0 Å². The highest BCUT2D eigenvalue weighted by molar-refractivity contribution is 5.03. The molecule has 0 amide bonds. The van der Waals surface area contributed by atoms with Crippen molar-refractivity contribution in [2.24, 2.45) is 5.92 Å². The molecule has 0 unspecified atom stereocenters. The molecule has 2 fully saturated rings. The van der Waals surface area contributed by atoms with Gasteiger partial charge in [0.25, 0.3) is 0 Å². The average Bonchev–Trinajstić information content (AvgIpc) is 2.73. The SMILES string of the molecule is c1nc(CC2CNC2)oc1C1CCOCC1. The lowest BCUT2D eigenvalue weighted by atomic mass is 9.98. The van der Waals surface area contributed by atoms with Crippen LogP contribution in [-0.2, 0) is 11.2 Å². The third-order valence-electron chi connectivity index (χ3n) is 3.52. The fourth-order valence-corrected chi connectivity index (χ4v) is 2.33. The standard InChI is InChI=1S/C12H18N2O2/c1-3-15-4-2-10(1)11-8-14-12(16-11)5-9-6-13-7-9/h8-10,13H,1-7H2. The van der Waals surface area contributed by atoms with Gasteiger partial charge >= 0.3 is 0 Å². The van der Waals surface area contributed by atoms with Crippen molar-refractivity contribution < 1.29 is 9.15 Å². The first kappa shape index (κ1) is 10.3. The first-order valence-corrected chi connectivity index (χ1v) is 6.15. The Morgan fingerprint density at radius 2 is 2.12 bits per heavy atom. The molecule has 0 aliphatic carbocycles. The molecule has 4 heteroatoms. The molecule has 1 aromatic rings. The lowest BCUT2D eigenvalue weighted by Gasteiger charge is -2.25. The number of aromatic nitrogens is 1. The van der Waals surface area contributed by atoms with Crippen LogP contribution in [0.4, 0.5) is 0 Å². The van der Waals surface area contributed by atoms with E-state index in [1.807, 2.05) is 6.20 Å². The van der Waals surface area contributed by atoms with Crippen molar-refractivity contribution in [2.45, 2.75) is 25.2 Å². The van der Waals surface area contributed by atoms with Gasteiger partial charge in [0.1, 0.15) is 5.76 Å². The Morgan fingerprint density at radius 3 is 2.81 bits per heavy atom. The molecule has 16 heavy (non-hydrogen) atoms. The van der Waals surface area contributed by atoms with Gasteiger partial charge in [-0.05, 0) is 31.8 Å². The van der Waals surface area contributed by atoms with Gasteiger partial charge in [-0.25, -0.2) is 4.98 Å². The number of rotatable bonds is 3. The maximum absolute atomic E-state index is 5.84. The lowest BCUT2D eigenvalue weighted by Crippen LogP contribution is -2.43. The Bertz CT molecular complexity index is 341. The average molecular weight is 222 g/mol. The summed E-state index contributed by atoms with van der Waals surface area (Å²) in [5.74, 6) is 3.22. The maximum atomic E-state index is 5.84. The smallest absolute Gasteiger partial charge is 0.194 e. The number of ether oxygens (including phenoxy) is 1. The van der Waals surface area contributed by atoms with Crippen LogP contribution in [0.1, 0.15) is 30.4 Å². The zero-order chi connectivity index (χ0) is 10.8. The van der Waals surface area contributed by atoms with Crippen molar-refractivity contribution in [3.8, 4) is 0 Å². The van der Waals surface area contributed by atoms with Crippen LogP contribution in [0.3, 0.4) is 0 Å². The first-order chi connectivity index (χ1) is 7.92. The van der Waals surface area contributed by atoms with E-state index in [4.69, 9.17) is 9.15 Å². The second kappa shape index (κ2) is 4.55. The molecular weight excluding hydrogens is 204 g/mol. The summed E-state index contributed by atoms with van der Waals surface area (Å²) in [5.41, 5.74) is 0. The van der Waals surface area contributed by atoms with Crippen molar-refractivity contribution in [2.75, 3.05) is 26.3 Å². The van der Waals surface area contributed by atoms with E-state index in [0.717, 1.165) is 63.1 Å². The van der Waals surface area contributed by atoms with Crippen molar-refractivity contribution in [3.05, 3.63) is 17.8 Å². The molecule has 2 aliphatic rings. The van der Waals surface area contributed by atoms with Crippen LogP contribution >= 0.6 is 0 Å². The summed E-state index contributed by atoms with van der Waals surface area (Å²) in [4.78, 5) is 4.38. The van der Waals surface area contributed by atoms with Gasteiger partial charge in [-0.15, -0.1) is 0 Å². The Hall–Kier alpha value is -0.870. The highest BCUT2D eigenvalue weighted by Gasteiger charge is 2.23. The van der Waals surface area contributed by atoms with Crippen LogP contribution in [0.15, 0.2) is 10.6 Å². The highest BCUT2D eigenvalue weighted by Crippen LogP contribution is 2.27. The van der Waals surface area contributed by atoms with Gasteiger partial charge in [0, 0.05) is 25.6 Å². The van der Waals surface area contributed by atoms with Gasteiger partial charge in [0.05, 0.1) is 6.20 Å². The van der Waals surface area contributed by atoms with E-state index >= 15 is 0 Å². The van der Waals surface area contributed by atoms with Crippen molar-refractivity contribution in [3.63, 3.8) is 0 Å². The zero-order valence-electron chi connectivity index (χ0n) is 9.45. The third kappa shape index (κ3) is 2.13. The van der Waals surface area contributed by atoms with Gasteiger partial charge in [-0.1, -0.05) is 0 Å². The van der Waals surface area contributed by atoms with E-state index in [-0.39, 0.29) is 0 Å². The van der Waals surface area contributed by atoms with Gasteiger partial charge in [-0.3, -0.25) is 0 Å². The molecule has 3 rings (SSSR count). The van der Waals surface area contributed by atoms with E-state index in [1.54, 1.807) is 0 Å². The molecule has 2 aliphatic heterocycles. The summed E-state index contributed by atoms with van der Waals surface area (Å²) in [6, 6.07) is 0. The number of nitrogens with one attached hydrogen (secondary N) is 1. The van der Waals surface area contributed by atoms with Gasteiger partial charge in [0.15, 0.2) is 5.89 Å². The molecule has 1 aromatic heterocycles. The Morgan fingerprint density at radius 1 is 1.31 bits per heavy atom. The first-order valence-electron chi connectivity index (χ1n) is 6.15. The fraction of sp³-hybridized carbons (Fsp3) is 0.750. The number of hydrogen-bond acceptors (Lipinski definition) is 4. The lowest BCUT2D eigenvalue weighted by molar-refractivity contribution is 0.0802. The van der Waals surface area contributed by atoms with Gasteiger partial charge in [0.2, 0.25) is 0 Å². The van der Waals surface area contributed by atoms with Crippen molar-refractivity contribution in [1.82, 2.24) is 10.3 Å². The zero-order valence-corrected chi connectivity index (χ0v) is 9.45. The minimum absolute atomic E-state index is 0.523. The molecule has 1 N–H and O–H groups in total. The van der Waals surface area contributed by atoms with Gasteiger partial charge < -0.3 is 14.5 Å². The molecule has 0 aromatic carbocycles. The summed E-state index contributed by atoms with van der Waals surface area (Å²) in [6.45, 7) is 3.92. The summed E-state index contributed by atoms with van der Waals surface area (Å²) in [7, 11) is 0. The Labute approximate surface area is 95.4 Å². The second-order valence-electron chi connectivity index (χ2n) is 4.77. The topological polar surface area (TPSA) is 47.3 Å². The van der Waals surface area contributed by atoms with E-state index in [2.05, 4.69) is 10.3 Å². The largest absolute Gasteiger partial charge is 0.445 e. The molecule has 4 nitrogen and oxygen atoms in total. The molecule has 0 radical (unpaired) electrons. The van der Waals surface area contributed by atoms with Crippen LogP contribution < -0.4 is 5.32 Å². The number of hydrogen-bond donors (Lipinski definition) is 1. The second-order valence-corrected chi connectivity index (χ2v) is 4.77. The molecule has 3 heterocycles. The highest BCUT2D eigenvalue weighted by atomic mass is 16.5. The van der Waals surface area contributed by atoms with Crippen molar-refractivity contribution in [1.29, 1.82) is 0 Å².